The minimum Gasteiger partial charge on any atom is -0.494 e. The van der Waals surface area contributed by atoms with E-state index < -0.39 is 0 Å². The van der Waals surface area contributed by atoms with Crippen LogP contribution in [0.1, 0.15) is 36.8 Å². The molecule has 0 bridgehead atoms. The Bertz CT molecular complexity index is 885. The molecule has 136 valence electrons. The van der Waals surface area contributed by atoms with Crippen LogP contribution < -0.4 is 14.8 Å². The molecule has 0 saturated carbocycles. The highest BCUT2D eigenvalue weighted by Crippen LogP contribution is 2.21. The molecule has 2 heterocycles. The second-order valence-corrected chi connectivity index (χ2v) is 6.22. The van der Waals surface area contributed by atoms with Crippen molar-refractivity contribution in [2.45, 2.75) is 33.4 Å². The zero-order valence-electron chi connectivity index (χ0n) is 15.2. The van der Waals surface area contributed by atoms with Gasteiger partial charge < -0.3 is 19.8 Å². The van der Waals surface area contributed by atoms with Gasteiger partial charge in [-0.1, -0.05) is 6.07 Å². The van der Waals surface area contributed by atoms with Gasteiger partial charge in [-0.2, -0.15) is 0 Å². The van der Waals surface area contributed by atoms with Crippen LogP contribution in [0.15, 0.2) is 42.6 Å². The molecule has 6 heteroatoms. The lowest BCUT2D eigenvalue weighted by Crippen LogP contribution is -2.23. The lowest BCUT2D eigenvalue weighted by molar-refractivity contribution is 0.0946. The van der Waals surface area contributed by atoms with Crippen LogP contribution in [0.2, 0.25) is 0 Å². The predicted octanol–water partition coefficient (Wildman–Crippen LogP) is 3.68. The average Bonchev–Trinajstić information content (AvgIpc) is 3.04. The smallest absolute Gasteiger partial charge is 0.267 e. The van der Waals surface area contributed by atoms with Crippen LogP contribution in [-0.2, 0) is 6.54 Å². The van der Waals surface area contributed by atoms with E-state index in [1.165, 1.54) is 0 Å². The summed E-state index contributed by atoms with van der Waals surface area (Å²) in [5.74, 6) is 1.20. The molecule has 1 aromatic carbocycles. The molecule has 3 rings (SSSR count). The van der Waals surface area contributed by atoms with Crippen molar-refractivity contribution in [1.29, 1.82) is 0 Å². The number of pyridine rings is 1. The SMILES string of the molecule is CCOc1ccc2cc(C(=O)NCc3ccc(OC(C)C)nc3)[nH]c2c1. The number of aromatic amines is 1. The lowest BCUT2D eigenvalue weighted by atomic mass is 10.2. The molecular formula is C20H23N3O3. The number of ether oxygens (including phenoxy) is 2. The Morgan fingerprint density at radius 1 is 1.23 bits per heavy atom. The van der Waals surface area contributed by atoms with E-state index in [2.05, 4.69) is 15.3 Å². The Balaban J connectivity index is 1.63. The number of carbonyl (C=O) groups excluding carboxylic acids is 1. The summed E-state index contributed by atoms with van der Waals surface area (Å²) in [6.07, 6.45) is 1.79. The first-order valence-electron chi connectivity index (χ1n) is 8.70. The minimum absolute atomic E-state index is 0.0818. The summed E-state index contributed by atoms with van der Waals surface area (Å²) >= 11 is 0. The number of nitrogens with one attached hydrogen (secondary N) is 2. The summed E-state index contributed by atoms with van der Waals surface area (Å²) in [6, 6.07) is 11.3. The van der Waals surface area contributed by atoms with Gasteiger partial charge in [-0.25, -0.2) is 4.98 Å². The van der Waals surface area contributed by atoms with Crippen LogP contribution in [0.3, 0.4) is 0 Å². The highest BCUT2D eigenvalue weighted by atomic mass is 16.5. The summed E-state index contributed by atoms with van der Waals surface area (Å²) in [5, 5.41) is 3.86. The van der Waals surface area contributed by atoms with Crippen LogP contribution in [0.4, 0.5) is 0 Å². The maximum Gasteiger partial charge on any atom is 0.267 e. The largest absolute Gasteiger partial charge is 0.494 e. The van der Waals surface area contributed by atoms with E-state index in [4.69, 9.17) is 9.47 Å². The van der Waals surface area contributed by atoms with E-state index in [0.29, 0.717) is 24.7 Å². The standard InChI is InChI=1S/C20H23N3O3/c1-4-25-16-7-6-15-9-18(23-17(15)10-16)20(24)22-12-14-5-8-19(21-11-14)26-13(2)3/h5-11,13,23H,4,12H2,1-3H3,(H,22,24). The van der Waals surface area contributed by atoms with Crippen molar-refractivity contribution in [2.75, 3.05) is 6.61 Å². The van der Waals surface area contributed by atoms with Gasteiger partial charge in [0.1, 0.15) is 11.4 Å². The van der Waals surface area contributed by atoms with Gasteiger partial charge in [0.2, 0.25) is 5.88 Å². The Morgan fingerprint density at radius 2 is 2.08 bits per heavy atom. The predicted molar refractivity (Wildman–Crippen MR) is 101 cm³/mol. The number of amides is 1. The van der Waals surface area contributed by atoms with Crippen molar-refractivity contribution in [3.05, 3.63) is 53.9 Å². The first-order chi connectivity index (χ1) is 12.5. The van der Waals surface area contributed by atoms with Crippen molar-refractivity contribution in [1.82, 2.24) is 15.3 Å². The third-order valence-electron chi connectivity index (χ3n) is 3.76. The topological polar surface area (TPSA) is 76.2 Å². The monoisotopic (exact) mass is 353 g/mol. The summed E-state index contributed by atoms with van der Waals surface area (Å²) in [4.78, 5) is 19.8. The zero-order chi connectivity index (χ0) is 18.5. The van der Waals surface area contributed by atoms with Gasteiger partial charge >= 0.3 is 0 Å². The van der Waals surface area contributed by atoms with Crippen molar-refractivity contribution in [3.8, 4) is 11.6 Å². The van der Waals surface area contributed by atoms with Gasteiger partial charge in [-0.15, -0.1) is 0 Å². The molecular weight excluding hydrogens is 330 g/mol. The van der Waals surface area contributed by atoms with E-state index >= 15 is 0 Å². The molecule has 0 radical (unpaired) electrons. The fraction of sp³-hybridized carbons (Fsp3) is 0.300. The fourth-order valence-corrected chi connectivity index (χ4v) is 2.59. The zero-order valence-corrected chi connectivity index (χ0v) is 15.2. The molecule has 3 aromatic rings. The molecule has 2 aromatic heterocycles. The quantitative estimate of drug-likeness (QED) is 0.679. The van der Waals surface area contributed by atoms with Gasteiger partial charge in [0.15, 0.2) is 0 Å². The number of rotatable bonds is 7. The first-order valence-corrected chi connectivity index (χ1v) is 8.70. The van der Waals surface area contributed by atoms with Crippen LogP contribution >= 0.6 is 0 Å². The van der Waals surface area contributed by atoms with Crippen molar-refractivity contribution >= 4 is 16.8 Å². The number of fused-ring (bicyclic) bond motifs is 1. The van der Waals surface area contributed by atoms with Crippen molar-refractivity contribution < 1.29 is 14.3 Å². The number of hydrogen-bond donors (Lipinski definition) is 2. The molecule has 0 spiro atoms. The van der Waals surface area contributed by atoms with Crippen LogP contribution in [-0.4, -0.2) is 28.6 Å². The summed E-state index contributed by atoms with van der Waals surface area (Å²) in [7, 11) is 0. The Kier molecular flexibility index (Phi) is 5.41. The summed E-state index contributed by atoms with van der Waals surface area (Å²) in [6.45, 7) is 6.84. The van der Waals surface area contributed by atoms with Gasteiger partial charge in [0, 0.05) is 35.8 Å². The molecule has 26 heavy (non-hydrogen) atoms. The van der Waals surface area contributed by atoms with E-state index in [-0.39, 0.29) is 12.0 Å². The lowest BCUT2D eigenvalue weighted by Gasteiger charge is -2.09. The fourth-order valence-electron chi connectivity index (χ4n) is 2.59. The minimum atomic E-state index is -0.165. The number of benzene rings is 1. The van der Waals surface area contributed by atoms with Gasteiger partial charge in [-0.3, -0.25) is 4.79 Å². The van der Waals surface area contributed by atoms with E-state index in [1.807, 2.05) is 51.1 Å². The van der Waals surface area contributed by atoms with Gasteiger partial charge in [0.05, 0.1) is 12.7 Å². The van der Waals surface area contributed by atoms with Gasteiger partial charge in [-0.05, 0) is 44.5 Å². The molecule has 0 saturated heterocycles. The van der Waals surface area contributed by atoms with Gasteiger partial charge in [0.25, 0.3) is 5.91 Å². The molecule has 1 amide bonds. The molecule has 6 nitrogen and oxygen atoms in total. The third-order valence-corrected chi connectivity index (χ3v) is 3.76. The first kappa shape index (κ1) is 17.8. The summed E-state index contributed by atoms with van der Waals surface area (Å²) < 4.78 is 11.0. The Hall–Kier alpha value is -3.02. The van der Waals surface area contributed by atoms with Crippen LogP contribution in [0.5, 0.6) is 11.6 Å². The van der Waals surface area contributed by atoms with E-state index in [1.54, 1.807) is 12.3 Å². The third kappa shape index (κ3) is 4.33. The number of hydrogen-bond acceptors (Lipinski definition) is 4. The molecule has 0 fully saturated rings. The average molecular weight is 353 g/mol. The second kappa shape index (κ2) is 7.91. The number of carbonyl (C=O) groups is 1. The highest BCUT2D eigenvalue weighted by molar-refractivity contribution is 5.98. The number of nitrogens with zero attached hydrogens (tertiary/aromatic N) is 1. The maximum atomic E-state index is 12.4. The second-order valence-electron chi connectivity index (χ2n) is 6.22. The van der Waals surface area contributed by atoms with E-state index in [0.717, 1.165) is 22.2 Å². The normalized spacial score (nSPS) is 10.9. The molecule has 0 unspecified atom stereocenters. The number of aromatic nitrogens is 2. The Morgan fingerprint density at radius 3 is 2.77 bits per heavy atom. The molecule has 0 aliphatic rings. The summed E-state index contributed by atoms with van der Waals surface area (Å²) in [5.41, 5.74) is 2.29. The van der Waals surface area contributed by atoms with E-state index in [9.17, 15) is 4.79 Å². The highest BCUT2D eigenvalue weighted by Gasteiger charge is 2.10. The molecule has 0 aliphatic heterocycles. The van der Waals surface area contributed by atoms with Crippen LogP contribution in [0.25, 0.3) is 10.9 Å². The maximum absolute atomic E-state index is 12.4. The molecule has 2 N–H and O–H groups in total. The molecule has 0 atom stereocenters. The van der Waals surface area contributed by atoms with Crippen molar-refractivity contribution in [2.24, 2.45) is 0 Å². The Labute approximate surface area is 152 Å². The molecule has 0 aliphatic carbocycles. The van der Waals surface area contributed by atoms with Crippen LogP contribution in [0, 0.1) is 0 Å². The number of H-pyrrole nitrogens is 1. The van der Waals surface area contributed by atoms with Crippen molar-refractivity contribution in [3.63, 3.8) is 0 Å².